The van der Waals surface area contributed by atoms with Crippen molar-refractivity contribution in [3.8, 4) is 0 Å². The molecule has 0 saturated carbocycles. The van der Waals surface area contributed by atoms with Crippen LogP contribution in [0.5, 0.6) is 0 Å². The van der Waals surface area contributed by atoms with Gasteiger partial charge in [-0.05, 0) is 24.3 Å². The number of carboxylic acid groups (broad SMARTS) is 2. The normalized spacial score (nSPS) is 11.1. The van der Waals surface area contributed by atoms with Crippen LogP contribution in [0.2, 0.25) is 0 Å². The van der Waals surface area contributed by atoms with Crippen molar-refractivity contribution in [3.63, 3.8) is 0 Å². The molecule has 0 atom stereocenters. The Bertz CT molecular complexity index is 1850. The summed E-state index contributed by atoms with van der Waals surface area (Å²) >= 11 is 0. The molecule has 0 aliphatic carbocycles. The Balaban J connectivity index is -0.000000714. The van der Waals surface area contributed by atoms with Crippen molar-refractivity contribution in [1.29, 1.82) is 0 Å². The monoisotopic (exact) mass is 948 g/mol. The van der Waals surface area contributed by atoms with Crippen molar-refractivity contribution in [3.05, 3.63) is 144 Å². The first-order valence-corrected chi connectivity index (χ1v) is 14.8. The van der Waals surface area contributed by atoms with Crippen molar-refractivity contribution in [1.82, 2.24) is 0 Å². The van der Waals surface area contributed by atoms with Crippen LogP contribution in [-0.2, 0) is 19.9 Å². The third-order valence-electron chi connectivity index (χ3n) is 5.97. The van der Waals surface area contributed by atoms with Crippen molar-refractivity contribution in [2.24, 2.45) is 0 Å². The van der Waals surface area contributed by atoms with Gasteiger partial charge in [0.15, 0.2) is 0 Å². The fraction of sp³-hybridized carbons (Fsp3) is 0.171. The molecule has 0 fully saturated rings. The molecular formula is C35H21F15K2O9. The van der Waals surface area contributed by atoms with Gasteiger partial charge in [-0.1, -0.05) is 97.1 Å². The molecule has 0 radical (unpaired) electrons. The van der Waals surface area contributed by atoms with Crippen LogP contribution in [0.15, 0.2) is 121 Å². The first-order valence-electron chi connectivity index (χ1n) is 14.8. The van der Waals surface area contributed by atoms with E-state index in [1.54, 1.807) is 66.7 Å². The van der Waals surface area contributed by atoms with E-state index in [1.165, 1.54) is 18.2 Å². The molecule has 0 aliphatic rings. The predicted molar refractivity (Wildman–Crippen MR) is 164 cm³/mol. The van der Waals surface area contributed by atoms with Gasteiger partial charge in [0, 0.05) is 11.1 Å². The molecule has 0 aliphatic heterocycles. The second kappa shape index (κ2) is 27.1. The number of esters is 2. The average molecular weight is 949 g/mol. The van der Waals surface area contributed by atoms with Gasteiger partial charge in [0.05, 0.1) is 11.1 Å². The summed E-state index contributed by atoms with van der Waals surface area (Å²) in [6.45, 7) is 0. The molecule has 4 aromatic rings. The first-order chi connectivity index (χ1) is 26.8. The zero-order chi connectivity index (χ0) is 46.0. The molecule has 0 aromatic heterocycles. The number of ketones is 1. The van der Waals surface area contributed by atoms with E-state index in [0.29, 0.717) is 23.3 Å². The van der Waals surface area contributed by atoms with E-state index in [1.807, 2.05) is 0 Å². The number of aliphatic carboxylic acids is 2. The molecule has 0 unspecified atom stereocenters. The van der Waals surface area contributed by atoms with Gasteiger partial charge in [-0.15, -0.1) is 0 Å². The Morgan fingerprint density at radius 2 is 0.639 bits per heavy atom. The number of rotatable bonds is 4. The predicted octanol–water partition coefficient (Wildman–Crippen LogP) is 0.719. The number of aliphatic hydroxyl groups is 1. The van der Waals surface area contributed by atoms with Crippen LogP contribution >= 0.6 is 0 Å². The molecule has 0 amide bonds. The average Bonchev–Trinajstić information content (AvgIpc) is 3.14. The minimum Gasteiger partial charge on any atom is -0.542 e. The van der Waals surface area contributed by atoms with Crippen molar-refractivity contribution < 1.29 is 213 Å². The molecule has 322 valence electrons. The number of carboxylic acids is 2. The van der Waals surface area contributed by atoms with Gasteiger partial charge in [-0.3, -0.25) is 4.79 Å². The maximum Gasteiger partial charge on any atom is 1.00 e. The van der Waals surface area contributed by atoms with Gasteiger partial charge in [-0.2, -0.15) is 65.9 Å². The molecule has 0 saturated heterocycles. The van der Waals surface area contributed by atoms with E-state index in [2.05, 4.69) is 0 Å². The third-order valence-corrected chi connectivity index (χ3v) is 5.97. The van der Waals surface area contributed by atoms with Crippen LogP contribution in [-0.4, -0.2) is 65.6 Å². The molecule has 26 heteroatoms. The van der Waals surface area contributed by atoms with E-state index >= 15 is 0 Å². The SMILES string of the molecule is O=C(OC(=O)c1ccccc1)c1ccccc1.O=C([O-])C(F)(F)F.O=C([O-])C(F)(F)F.O=C(c1ccccc1)C(F)(F)F.OC(c1ccccc1)(C(F)(F)F)C(F)(F)F.[K+].[K+]. The van der Waals surface area contributed by atoms with Crippen LogP contribution < -0.4 is 113 Å². The Labute approximate surface area is 417 Å². The summed E-state index contributed by atoms with van der Waals surface area (Å²) in [6.07, 6.45) is -26.8. The number of carbonyl (C=O) groups is 5. The summed E-state index contributed by atoms with van der Waals surface area (Å²) in [5, 5.41) is 26.5. The Morgan fingerprint density at radius 1 is 0.410 bits per heavy atom. The van der Waals surface area contributed by atoms with Crippen LogP contribution in [0.1, 0.15) is 36.6 Å². The van der Waals surface area contributed by atoms with E-state index < -0.39 is 71.7 Å². The number of ether oxygens (including phenoxy) is 1. The van der Waals surface area contributed by atoms with E-state index in [0.717, 1.165) is 24.3 Å². The Kier molecular flexibility index (Phi) is 27.6. The molecule has 0 heterocycles. The van der Waals surface area contributed by atoms with Crippen molar-refractivity contribution in [2.75, 3.05) is 0 Å². The number of alkyl halides is 15. The van der Waals surface area contributed by atoms with Gasteiger partial charge in [0.1, 0.15) is 11.9 Å². The number of benzene rings is 4. The molecule has 61 heavy (non-hydrogen) atoms. The van der Waals surface area contributed by atoms with E-state index in [9.17, 15) is 80.2 Å². The van der Waals surface area contributed by atoms with Crippen LogP contribution in [0.25, 0.3) is 0 Å². The molecule has 0 spiro atoms. The van der Waals surface area contributed by atoms with Gasteiger partial charge in [0.25, 0.3) is 11.4 Å². The molecular weight excluding hydrogens is 928 g/mol. The van der Waals surface area contributed by atoms with Crippen LogP contribution in [0, 0.1) is 0 Å². The summed E-state index contributed by atoms with van der Waals surface area (Å²) in [5.41, 5.74) is -5.70. The molecule has 4 aromatic carbocycles. The smallest absolute Gasteiger partial charge is 0.542 e. The minimum atomic E-state index is -5.83. The van der Waals surface area contributed by atoms with Gasteiger partial charge >= 0.3 is 146 Å². The topological polar surface area (TPSA) is 161 Å². The standard InChI is InChI=1S/C14H10O3.C9H6F6O.C8H5F3O.2C2HF3O2.2K/c15-13(11-7-3-1-4-8-11)17-14(16)12-9-5-2-6-10-12;10-8(11,12)7(16,9(13,14)15)6-4-2-1-3-5-6;9-8(10,11)7(12)6-4-2-1-3-5-6;2*3-2(4,5)1(6)7;;/h1-10H;1-5,16H;1-5H;2*(H,6,7);;/q;;;;;2*+1/p-2. The molecule has 4 rings (SSSR count). The minimum absolute atomic E-state index is 0. The van der Waals surface area contributed by atoms with Gasteiger partial charge in [0.2, 0.25) is 0 Å². The third kappa shape index (κ3) is 22.6. The molecule has 1 N–H and O–H groups in total. The van der Waals surface area contributed by atoms with Crippen LogP contribution in [0.4, 0.5) is 65.9 Å². The molecule has 0 bridgehead atoms. The van der Waals surface area contributed by atoms with Crippen molar-refractivity contribution >= 4 is 29.7 Å². The molecule has 9 nitrogen and oxygen atoms in total. The maximum absolute atomic E-state index is 12.3. The van der Waals surface area contributed by atoms with Gasteiger partial charge < -0.3 is 29.6 Å². The fourth-order valence-corrected chi connectivity index (χ4v) is 3.27. The largest absolute Gasteiger partial charge is 1.00 e. The number of carbonyl (C=O) groups excluding carboxylic acids is 5. The zero-order valence-corrected chi connectivity index (χ0v) is 36.7. The fourth-order valence-electron chi connectivity index (χ4n) is 3.27. The Hall–Kier alpha value is -3.19. The number of hydrogen-bond donors (Lipinski definition) is 1. The quantitative estimate of drug-likeness (QED) is 0.102. The summed E-state index contributed by atoms with van der Waals surface area (Å²) in [5.74, 6) is -9.10. The van der Waals surface area contributed by atoms with E-state index in [-0.39, 0.29) is 108 Å². The second-order valence-electron chi connectivity index (χ2n) is 10.2. The van der Waals surface area contributed by atoms with Crippen LogP contribution in [0.3, 0.4) is 0 Å². The summed E-state index contributed by atoms with van der Waals surface area (Å²) < 4.78 is 177. The summed E-state index contributed by atoms with van der Waals surface area (Å²) in [7, 11) is 0. The zero-order valence-electron chi connectivity index (χ0n) is 30.4. The first kappa shape index (κ1) is 62.1. The summed E-state index contributed by atoms with van der Waals surface area (Å²) in [6, 6.07) is 27.8. The number of Topliss-reactive ketones (excluding diaryl/α,β-unsaturated/α-hetero) is 1. The number of halogens is 15. The number of hydrogen-bond acceptors (Lipinski definition) is 9. The second-order valence-corrected chi connectivity index (χ2v) is 10.2. The van der Waals surface area contributed by atoms with E-state index in [4.69, 9.17) is 29.6 Å². The Morgan fingerprint density at radius 3 is 0.852 bits per heavy atom. The van der Waals surface area contributed by atoms with Gasteiger partial charge in [-0.25, -0.2) is 9.59 Å². The maximum atomic E-state index is 12.3. The van der Waals surface area contributed by atoms with Crippen molar-refractivity contribution in [2.45, 2.75) is 36.5 Å². The summed E-state index contributed by atoms with van der Waals surface area (Å²) in [4.78, 5) is 51.3.